The molecule has 0 saturated heterocycles. The SMILES string of the molecule is O=C(Cc1ccc(Cl)cc1)NCCO. The minimum atomic E-state index is -0.0960. The third-order valence-electron chi connectivity index (χ3n) is 1.71. The highest BCUT2D eigenvalue weighted by molar-refractivity contribution is 6.30. The van der Waals surface area contributed by atoms with Crippen LogP contribution in [0.1, 0.15) is 5.56 Å². The molecule has 14 heavy (non-hydrogen) atoms. The van der Waals surface area contributed by atoms with Crippen molar-refractivity contribution in [1.82, 2.24) is 5.32 Å². The summed E-state index contributed by atoms with van der Waals surface area (Å²) in [6, 6.07) is 7.11. The summed E-state index contributed by atoms with van der Waals surface area (Å²) in [5, 5.41) is 11.7. The quantitative estimate of drug-likeness (QED) is 0.784. The number of carbonyl (C=O) groups excluding carboxylic acids is 1. The Morgan fingerprint density at radius 1 is 1.36 bits per heavy atom. The number of halogens is 1. The Balaban J connectivity index is 2.44. The molecule has 0 aliphatic rings. The van der Waals surface area contributed by atoms with Crippen molar-refractivity contribution in [2.75, 3.05) is 13.2 Å². The number of aliphatic hydroxyl groups is 1. The van der Waals surface area contributed by atoms with E-state index in [0.717, 1.165) is 5.56 Å². The maximum Gasteiger partial charge on any atom is 0.224 e. The van der Waals surface area contributed by atoms with Gasteiger partial charge in [-0.2, -0.15) is 0 Å². The van der Waals surface area contributed by atoms with Crippen LogP contribution in [0, 0.1) is 0 Å². The predicted octanol–water partition coefficient (Wildman–Crippen LogP) is 0.991. The number of aliphatic hydroxyl groups excluding tert-OH is 1. The molecule has 0 radical (unpaired) electrons. The minimum Gasteiger partial charge on any atom is -0.395 e. The number of hydrogen-bond acceptors (Lipinski definition) is 2. The maximum absolute atomic E-state index is 11.2. The van der Waals surface area contributed by atoms with E-state index in [4.69, 9.17) is 16.7 Å². The Morgan fingerprint density at radius 3 is 2.57 bits per heavy atom. The normalized spacial score (nSPS) is 9.86. The number of carbonyl (C=O) groups is 1. The van der Waals surface area contributed by atoms with Crippen LogP contribution >= 0.6 is 11.6 Å². The van der Waals surface area contributed by atoms with E-state index in [1.54, 1.807) is 24.3 Å². The van der Waals surface area contributed by atoms with Crippen molar-refractivity contribution in [2.24, 2.45) is 0 Å². The summed E-state index contributed by atoms with van der Waals surface area (Å²) in [6.07, 6.45) is 0.317. The molecular formula is C10H12ClNO2. The molecule has 0 atom stereocenters. The first-order valence-corrected chi connectivity index (χ1v) is 4.72. The van der Waals surface area contributed by atoms with Crippen molar-refractivity contribution in [2.45, 2.75) is 6.42 Å². The number of amides is 1. The molecular weight excluding hydrogens is 202 g/mol. The molecule has 3 nitrogen and oxygen atoms in total. The molecule has 0 fully saturated rings. The van der Waals surface area contributed by atoms with Crippen molar-refractivity contribution >= 4 is 17.5 Å². The molecule has 1 rings (SSSR count). The molecule has 0 unspecified atom stereocenters. The highest BCUT2D eigenvalue weighted by atomic mass is 35.5. The number of benzene rings is 1. The summed E-state index contributed by atoms with van der Waals surface area (Å²) >= 11 is 5.70. The van der Waals surface area contributed by atoms with Crippen LogP contribution in [0.4, 0.5) is 0 Å². The van der Waals surface area contributed by atoms with Gasteiger partial charge in [0, 0.05) is 11.6 Å². The van der Waals surface area contributed by atoms with E-state index in [9.17, 15) is 4.79 Å². The maximum atomic E-state index is 11.2. The molecule has 76 valence electrons. The molecule has 0 saturated carbocycles. The highest BCUT2D eigenvalue weighted by Gasteiger charge is 2.01. The third kappa shape index (κ3) is 3.77. The van der Waals surface area contributed by atoms with Gasteiger partial charge in [0.1, 0.15) is 0 Å². The van der Waals surface area contributed by atoms with E-state index in [1.165, 1.54) is 0 Å². The second-order valence-electron chi connectivity index (χ2n) is 2.88. The lowest BCUT2D eigenvalue weighted by molar-refractivity contribution is -0.120. The number of nitrogens with one attached hydrogen (secondary N) is 1. The molecule has 0 heterocycles. The zero-order chi connectivity index (χ0) is 10.4. The summed E-state index contributed by atoms with van der Waals surface area (Å²) in [4.78, 5) is 11.2. The van der Waals surface area contributed by atoms with Crippen LogP contribution < -0.4 is 5.32 Å². The van der Waals surface area contributed by atoms with Crippen molar-refractivity contribution in [3.63, 3.8) is 0 Å². The zero-order valence-electron chi connectivity index (χ0n) is 7.66. The van der Waals surface area contributed by atoms with E-state index < -0.39 is 0 Å². The van der Waals surface area contributed by atoms with Crippen LogP contribution in [-0.2, 0) is 11.2 Å². The van der Waals surface area contributed by atoms with Crippen molar-refractivity contribution < 1.29 is 9.90 Å². The summed E-state index contributed by atoms with van der Waals surface area (Å²) in [5.74, 6) is -0.0960. The van der Waals surface area contributed by atoms with Gasteiger partial charge in [0.15, 0.2) is 0 Å². The van der Waals surface area contributed by atoms with Gasteiger partial charge in [-0.3, -0.25) is 4.79 Å². The van der Waals surface area contributed by atoms with Gasteiger partial charge in [0.05, 0.1) is 13.0 Å². The number of hydrogen-bond donors (Lipinski definition) is 2. The Labute approximate surface area is 87.7 Å². The van der Waals surface area contributed by atoms with Crippen molar-refractivity contribution in [3.8, 4) is 0 Å². The van der Waals surface area contributed by atoms with Gasteiger partial charge in [0.25, 0.3) is 0 Å². The molecule has 0 aliphatic heterocycles. The molecule has 4 heteroatoms. The van der Waals surface area contributed by atoms with Crippen LogP contribution in [0.3, 0.4) is 0 Å². The van der Waals surface area contributed by atoms with Crippen LogP contribution in [0.2, 0.25) is 5.02 Å². The Bertz CT molecular complexity index is 297. The molecule has 0 spiro atoms. The first kappa shape index (κ1) is 11.0. The average Bonchev–Trinajstić information content (AvgIpc) is 2.18. The van der Waals surface area contributed by atoms with Crippen molar-refractivity contribution in [3.05, 3.63) is 34.9 Å². The van der Waals surface area contributed by atoms with E-state index in [-0.39, 0.29) is 12.5 Å². The molecule has 0 aromatic heterocycles. The standard InChI is InChI=1S/C10H12ClNO2/c11-9-3-1-8(2-4-9)7-10(14)12-5-6-13/h1-4,13H,5-7H2,(H,12,14). The van der Waals surface area contributed by atoms with Gasteiger partial charge in [0.2, 0.25) is 5.91 Å². The topological polar surface area (TPSA) is 49.3 Å². The van der Waals surface area contributed by atoms with Gasteiger partial charge in [-0.05, 0) is 17.7 Å². The lowest BCUT2D eigenvalue weighted by Gasteiger charge is -2.02. The summed E-state index contributed by atoms with van der Waals surface area (Å²) < 4.78 is 0. The Morgan fingerprint density at radius 2 is 2.00 bits per heavy atom. The van der Waals surface area contributed by atoms with E-state index >= 15 is 0 Å². The van der Waals surface area contributed by atoms with E-state index in [0.29, 0.717) is 18.0 Å². The predicted molar refractivity (Wildman–Crippen MR) is 55.3 cm³/mol. The largest absolute Gasteiger partial charge is 0.395 e. The second-order valence-corrected chi connectivity index (χ2v) is 3.31. The molecule has 0 bridgehead atoms. The molecule has 1 aromatic rings. The molecule has 2 N–H and O–H groups in total. The fourth-order valence-corrected chi connectivity index (χ4v) is 1.17. The third-order valence-corrected chi connectivity index (χ3v) is 1.96. The minimum absolute atomic E-state index is 0.0354. The van der Waals surface area contributed by atoms with Gasteiger partial charge in [-0.1, -0.05) is 23.7 Å². The van der Waals surface area contributed by atoms with Gasteiger partial charge >= 0.3 is 0 Å². The van der Waals surface area contributed by atoms with Crippen LogP contribution in [-0.4, -0.2) is 24.2 Å². The van der Waals surface area contributed by atoms with Gasteiger partial charge < -0.3 is 10.4 Å². The fraction of sp³-hybridized carbons (Fsp3) is 0.300. The van der Waals surface area contributed by atoms with Gasteiger partial charge in [-0.15, -0.1) is 0 Å². The smallest absolute Gasteiger partial charge is 0.224 e. The molecule has 0 aliphatic carbocycles. The zero-order valence-corrected chi connectivity index (χ0v) is 8.42. The monoisotopic (exact) mass is 213 g/mol. The van der Waals surface area contributed by atoms with E-state index in [2.05, 4.69) is 5.32 Å². The van der Waals surface area contributed by atoms with Crippen LogP contribution in [0.5, 0.6) is 0 Å². The van der Waals surface area contributed by atoms with Crippen molar-refractivity contribution in [1.29, 1.82) is 0 Å². The van der Waals surface area contributed by atoms with Gasteiger partial charge in [-0.25, -0.2) is 0 Å². The summed E-state index contributed by atoms with van der Waals surface area (Å²) in [6.45, 7) is 0.263. The fourth-order valence-electron chi connectivity index (χ4n) is 1.05. The first-order chi connectivity index (χ1) is 6.72. The summed E-state index contributed by atoms with van der Waals surface area (Å²) in [5.41, 5.74) is 0.907. The summed E-state index contributed by atoms with van der Waals surface area (Å²) in [7, 11) is 0. The van der Waals surface area contributed by atoms with E-state index in [1.807, 2.05) is 0 Å². The average molecular weight is 214 g/mol. The lowest BCUT2D eigenvalue weighted by atomic mass is 10.1. The lowest BCUT2D eigenvalue weighted by Crippen LogP contribution is -2.27. The first-order valence-electron chi connectivity index (χ1n) is 4.34. The Hall–Kier alpha value is -1.06. The van der Waals surface area contributed by atoms with Crippen LogP contribution in [0.15, 0.2) is 24.3 Å². The Kier molecular flexibility index (Phi) is 4.43. The molecule has 1 amide bonds. The number of rotatable bonds is 4. The van der Waals surface area contributed by atoms with Crippen LogP contribution in [0.25, 0.3) is 0 Å². The molecule has 1 aromatic carbocycles. The second kappa shape index (κ2) is 5.62. The highest BCUT2D eigenvalue weighted by Crippen LogP contribution is 2.09.